The fraction of sp³-hybridized carbons (Fsp3) is 0.929. The lowest BCUT2D eigenvalue weighted by atomic mass is 9.74. The van der Waals surface area contributed by atoms with E-state index >= 15 is 0 Å². The van der Waals surface area contributed by atoms with Crippen molar-refractivity contribution in [3.8, 4) is 0 Å². The van der Waals surface area contributed by atoms with Crippen molar-refractivity contribution in [2.75, 3.05) is 33.4 Å². The molecule has 0 bridgehead atoms. The zero-order valence-electron chi connectivity index (χ0n) is 11.9. The second kappa shape index (κ2) is 7.10. The first-order chi connectivity index (χ1) is 8.48. The molecule has 1 saturated heterocycles. The van der Waals surface area contributed by atoms with Crippen LogP contribution in [0.3, 0.4) is 0 Å². The van der Waals surface area contributed by atoms with E-state index < -0.39 is 11.4 Å². The van der Waals surface area contributed by atoms with E-state index in [-0.39, 0.29) is 5.92 Å². The van der Waals surface area contributed by atoms with E-state index in [2.05, 4.69) is 4.90 Å². The standard InChI is InChI=1S/C14H27NO3/c1-14(2,13(16)17)12-7-6-9-15(11-12)8-4-5-10-18-3/h12H,4-11H2,1-3H3,(H,16,17). The number of nitrogens with zero attached hydrogens (tertiary/aromatic N) is 1. The first-order valence-electron chi connectivity index (χ1n) is 6.93. The number of hydrogen-bond acceptors (Lipinski definition) is 3. The van der Waals surface area contributed by atoms with Crippen molar-refractivity contribution in [3.05, 3.63) is 0 Å². The van der Waals surface area contributed by atoms with Crippen LogP contribution >= 0.6 is 0 Å². The minimum absolute atomic E-state index is 0.270. The SMILES string of the molecule is COCCCCN1CCCC(C(C)(C)C(=O)O)C1. The molecule has 1 unspecified atom stereocenters. The van der Waals surface area contributed by atoms with Crippen LogP contribution in [-0.4, -0.2) is 49.3 Å². The van der Waals surface area contributed by atoms with Crippen LogP contribution in [0.5, 0.6) is 0 Å². The summed E-state index contributed by atoms with van der Waals surface area (Å²) in [4.78, 5) is 13.7. The van der Waals surface area contributed by atoms with Crippen LogP contribution in [-0.2, 0) is 9.53 Å². The lowest BCUT2D eigenvalue weighted by Crippen LogP contribution is -2.45. The highest BCUT2D eigenvalue weighted by atomic mass is 16.5. The molecule has 1 atom stereocenters. The molecule has 1 aliphatic heterocycles. The monoisotopic (exact) mass is 257 g/mol. The molecular formula is C14H27NO3. The van der Waals surface area contributed by atoms with Gasteiger partial charge in [-0.25, -0.2) is 0 Å². The molecule has 1 fully saturated rings. The van der Waals surface area contributed by atoms with Gasteiger partial charge in [0, 0.05) is 20.3 Å². The van der Waals surface area contributed by atoms with Crippen LogP contribution in [0.2, 0.25) is 0 Å². The van der Waals surface area contributed by atoms with Crippen LogP contribution in [0.1, 0.15) is 39.5 Å². The second-order valence-corrected chi connectivity index (χ2v) is 5.87. The molecule has 4 heteroatoms. The Hall–Kier alpha value is -0.610. The molecule has 4 nitrogen and oxygen atoms in total. The molecule has 18 heavy (non-hydrogen) atoms. The van der Waals surface area contributed by atoms with E-state index in [9.17, 15) is 9.90 Å². The molecule has 0 radical (unpaired) electrons. The zero-order valence-corrected chi connectivity index (χ0v) is 11.9. The number of methoxy groups -OCH3 is 1. The highest BCUT2D eigenvalue weighted by Crippen LogP contribution is 2.34. The summed E-state index contributed by atoms with van der Waals surface area (Å²) in [6, 6.07) is 0. The molecule has 0 spiro atoms. The Balaban J connectivity index is 2.39. The fourth-order valence-electron chi connectivity index (χ4n) is 2.60. The maximum atomic E-state index is 11.3. The van der Waals surface area contributed by atoms with Crippen molar-refractivity contribution < 1.29 is 14.6 Å². The Labute approximate surface area is 110 Å². The third-order valence-corrected chi connectivity index (χ3v) is 4.15. The maximum Gasteiger partial charge on any atom is 0.309 e. The first kappa shape index (κ1) is 15.4. The van der Waals surface area contributed by atoms with Crippen LogP contribution in [0.4, 0.5) is 0 Å². The maximum absolute atomic E-state index is 11.3. The Morgan fingerprint density at radius 1 is 1.44 bits per heavy atom. The lowest BCUT2D eigenvalue weighted by Gasteiger charge is -2.39. The van der Waals surface area contributed by atoms with Gasteiger partial charge in [-0.15, -0.1) is 0 Å². The Morgan fingerprint density at radius 3 is 2.78 bits per heavy atom. The summed E-state index contributed by atoms with van der Waals surface area (Å²) in [5.41, 5.74) is -0.606. The number of likely N-dealkylation sites (tertiary alicyclic amines) is 1. The van der Waals surface area contributed by atoms with Gasteiger partial charge >= 0.3 is 5.97 Å². The van der Waals surface area contributed by atoms with Gasteiger partial charge in [-0.2, -0.15) is 0 Å². The second-order valence-electron chi connectivity index (χ2n) is 5.87. The molecule has 0 aromatic heterocycles. The van der Waals surface area contributed by atoms with Crippen molar-refractivity contribution in [1.29, 1.82) is 0 Å². The van der Waals surface area contributed by atoms with Crippen LogP contribution in [0.15, 0.2) is 0 Å². The van der Waals surface area contributed by atoms with Crippen LogP contribution in [0, 0.1) is 11.3 Å². The van der Waals surface area contributed by atoms with Crippen molar-refractivity contribution in [1.82, 2.24) is 4.90 Å². The van der Waals surface area contributed by atoms with Gasteiger partial charge in [-0.1, -0.05) is 0 Å². The molecule has 1 heterocycles. The molecule has 0 aromatic rings. The Kier molecular flexibility index (Phi) is 6.09. The summed E-state index contributed by atoms with van der Waals surface area (Å²) in [6.07, 6.45) is 4.37. The lowest BCUT2D eigenvalue weighted by molar-refractivity contribution is -0.151. The summed E-state index contributed by atoms with van der Waals surface area (Å²) in [7, 11) is 1.73. The van der Waals surface area contributed by atoms with Crippen LogP contribution in [0.25, 0.3) is 0 Å². The number of aliphatic carboxylic acids is 1. The van der Waals surface area contributed by atoms with E-state index in [1.807, 2.05) is 13.8 Å². The average Bonchev–Trinajstić information content (AvgIpc) is 2.35. The number of carbonyl (C=O) groups is 1. The van der Waals surface area contributed by atoms with Crippen molar-refractivity contribution in [2.24, 2.45) is 11.3 Å². The fourth-order valence-corrected chi connectivity index (χ4v) is 2.60. The molecule has 0 saturated carbocycles. The largest absolute Gasteiger partial charge is 0.481 e. The quantitative estimate of drug-likeness (QED) is 0.711. The summed E-state index contributed by atoms with van der Waals surface area (Å²) >= 11 is 0. The number of piperidine rings is 1. The molecule has 1 rings (SSSR count). The van der Waals surface area contributed by atoms with Gasteiger partial charge < -0.3 is 14.7 Å². The van der Waals surface area contributed by atoms with E-state index in [4.69, 9.17) is 4.74 Å². The average molecular weight is 257 g/mol. The number of rotatable bonds is 7. The van der Waals surface area contributed by atoms with Crippen LogP contribution < -0.4 is 0 Å². The summed E-state index contributed by atoms with van der Waals surface area (Å²) in [6.45, 7) is 7.63. The first-order valence-corrected chi connectivity index (χ1v) is 6.93. The number of carboxylic acid groups (broad SMARTS) is 1. The molecule has 1 N–H and O–H groups in total. The molecule has 1 aliphatic rings. The summed E-state index contributed by atoms with van der Waals surface area (Å²) in [5, 5.41) is 9.29. The van der Waals surface area contributed by atoms with Crippen molar-refractivity contribution >= 4 is 5.97 Å². The van der Waals surface area contributed by atoms with Gasteiger partial charge in [0.2, 0.25) is 0 Å². The molecule has 0 aliphatic carbocycles. The van der Waals surface area contributed by atoms with Crippen molar-refractivity contribution in [2.45, 2.75) is 39.5 Å². The third-order valence-electron chi connectivity index (χ3n) is 4.15. The topological polar surface area (TPSA) is 49.8 Å². The smallest absolute Gasteiger partial charge is 0.309 e. The van der Waals surface area contributed by atoms with E-state index in [1.165, 1.54) is 0 Å². The van der Waals surface area contributed by atoms with Crippen molar-refractivity contribution in [3.63, 3.8) is 0 Å². The molecule has 0 amide bonds. The third kappa shape index (κ3) is 4.25. The zero-order chi connectivity index (χ0) is 13.6. The highest BCUT2D eigenvalue weighted by Gasteiger charge is 2.38. The van der Waals surface area contributed by atoms with E-state index in [0.717, 1.165) is 51.9 Å². The minimum Gasteiger partial charge on any atom is -0.481 e. The molecular weight excluding hydrogens is 230 g/mol. The van der Waals surface area contributed by atoms with Gasteiger partial charge in [0.1, 0.15) is 0 Å². The van der Waals surface area contributed by atoms with E-state index in [0.29, 0.717) is 0 Å². The number of ether oxygens (including phenoxy) is 1. The number of hydrogen-bond donors (Lipinski definition) is 1. The normalized spacial score (nSPS) is 22.1. The predicted octanol–water partition coefficient (Wildman–Crippen LogP) is 2.24. The summed E-state index contributed by atoms with van der Waals surface area (Å²) < 4.78 is 5.04. The molecule has 106 valence electrons. The number of carboxylic acids is 1. The molecule has 0 aromatic carbocycles. The number of unbranched alkanes of at least 4 members (excludes halogenated alkanes) is 1. The minimum atomic E-state index is -0.672. The Morgan fingerprint density at radius 2 is 2.17 bits per heavy atom. The highest BCUT2D eigenvalue weighted by molar-refractivity contribution is 5.74. The van der Waals surface area contributed by atoms with Gasteiger partial charge in [0.05, 0.1) is 5.41 Å². The predicted molar refractivity (Wildman–Crippen MR) is 71.7 cm³/mol. The van der Waals surface area contributed by atoms with E-state index in [1.54, 1.807) is 7.11 Å². The van der Waals surface area contributed by atoms with Gasteiger partial charge in [-0.05, 0) is 58.5 Å². The Bertz CT molecular complexity index is 266. The van der Waals surface area contributed by atoms with Gasteiger partial charge in [0.15, 0.2) is 0 Å². The summed E-state index contributed by atoms with van der Waals surface area (Å²) in [5.74, 6) is -0.403. The van der Waals surface area contributed by atoms with Gasteiger partial charge in [-0.3, -0.25) is 4.79 Å². The van der Waals surface area contributed by atoms with Gasteiger partial charge in [0.25, 0.3) is 0 Å².